The number of hydrogen-bond acceptors (Lipinski definition) is 3. The predicted molar refractivity (Wildman–Crippen MR) is 63.9 cm³/mol. The maximum Gasteiger partial charge on any atom is 0.254 e. The molecule has 1 heterocycles. The molecule has 0 spiro atoms. The number of amides is 2. The molecule has 17 heavy (non-hydrogen) atoms. The molecule has 1 aromatic carbocycles. The van der Waals surface area contributed by atoms with Crippen molar-refractivity contribution in [1.29, 1.82) is 0 Å². The fourth-order valence-electron chi connectivity index (χ4n) is 1.70. The summed E-state index contributed by atoms with van der Waals surface area (Å²) in [6, 6.07) is 8.01. The normalized spacial score (nSPS) is 14.8. The summed E-state index contributed by atoms with van der Waals surface area (Å²) in [5, 5.41) is 3.09. The highest BCUT2D eigenvalue weighted by atomic mass is 16.2. The Balaban J connectivity index is 1.86. The Bertz CT molecular complexity index is 462. The molecule has 2 amide bonds. The van der Waals surface area contributed by atoms with Crippen LogP contribution in [-0.4, -0.2) is 23.4 Å². The number of aryl methyl sites for hydroxylation is 1. The van der Waals surface area contributed by atoms with Gasteiger partial charge in [0.1, 0.15) is 0 Å². The highest BCUT2D eigenvalue weighted by Crippen LogP contribution is 2.07. The van der Waals surface area contributed by atoms with Crippen LogP contribution in [0.4, 0.5) is 0 Å². The lowest BCUT2D eigenvalue weighted by atomic mass is 10.1. The largest absolute Gasteiger partial charge is 0.295 e. The highest BCUT2D eigenvalue weighted by molar-refractivity contribution is 6.12. The van der Waals surface area contributed by atoms with Gasteiger partial charge in [0.25, 0.3) is 11.8 Å². The van der Waals surface area contributed by atoms with E-state index in [0.717, 1.165) is 0 Å². The quantitative estimate of drug-likeness (QED) is 0.784. The van der Waals surface area contributed by atoms with Gasteiger partial charge in [0.2, 0.25) is 0 Å². The first-order valence-corrected chi connectivity index (χ1v) is 5.47. The Morgan fingerprint density at radius 1 is 1.12 bits per heavy atom. The van der Waals surface area contributed by atoms with E-state index in [2.05, 4.69) is 5.32 Å². The van der Waals surface area contributed by atoms with E-state index >= 15 is 0 Å². The summed E-state index contributed by atoms with van der Waals surface area (Å²) in [6.07, 6.45) is 2.58. The van der Waals surface area contributed by atoms with Crippen LogP contribution in [0.15, 0.2) is 36.4 Å². The Kier molecular flexibility index (Phi) is 3.35. The minimum atomic E-state index is -0.257. The number of imide groups is 1. The molecule has 1 aromatic rings. The first-order chi connectivity index (χ1) is 8.18. The highest BCUT2D eigenvalue weighted by Gasteiger charge is 2.22. The molecule has 1 aliphatic rings. The molecule has 0 aromatic heterocycles. The molecular weight excluding hydrogens is 216 g/mol. The van der Waals surface area contributed by atoms with E-state index in [1.54, 1.807) is 0 Å². The van der Waals surface area contributed by atoms with Gasteiger partial charge in [-0.25, -0.2) is 0 Å². The number of nitrogens with one attached hydrogen (secondary N) is 1. The van der Waals surface area contributed by atoms with Gasteiger partial charge in [0, 0.05) is 18.7 Å². The average molecular weight is 230 g/mol. The van der Waals surface area contributed by atoms with Gasteiger partial charge in [-0.15, -0.1) is 0 Å². The molecule has 1 N–H and O–H groups in total. The van der Waals surface area contributed by atoms with E-state index < -0.39 is 0 Å². The van der Waals surface area contributed by atoms with Crippen molar-refractivity contribution in [2.75, 3.05) is 6.67 Å². The topological polar surface area (TPSA) is 49.4 Å². The molecule has 88 valence electrons. The Morgan fingerprint density at radius 2 is 1.76 bits per heavy atom. The monoisotopic (exact) mass is 230 g/mol. The van der Waals surface area contributed by atoms with Crippen LogP contribution in [0.5, 0.6) is 0 Å². The molecule has 0 saturated heterocycles. The molecule has 0 atom stereocenters. The van der Waals surface area contributed by atoms with E-state index in [0.29, 0.717) is 6.54 Å². The molecule has 0 aliphatic carbocycles. The van der Waals surface area contributed by atoms with Gasteiger partial charge < -0.3 is 0 Å². The van der Waals surface area contributed by atoms with E-state index in [9.17, 15) is 9.59 Å². The van der Waals surface area contributed by atoms with Crippen molar-refractivity contribution in [1.82, 2.24) is 10.2 Å². The number of carbonyl (C=O) groups excluding carboxylic acids is 2. The van der Waals surface area contributed by atoms with E-state index in [-0.39, 0.29) is 18.5 Å². The molecule has 0 radical (unpaired) electrons. The van der Waals surface area contributed by atoms with Crippen LogP contribution in [0.1, 0.15) is 11.1 Å². The second-order valence-electron chi connectivity index (χ2n) is 3.95. The van der Waals surface area contributed by atoms with Crippen LogP contribution < -0.4 is 5.32 Å². The van der Waals surface area contributed by atoms with Gasteiger partial charge in [0.05, 0.1) is 6.67 Å². The van der Waals surface area contributed by atoms with Crippen LogP contribution >= 0.6 is 0 Å². The standard InChI is InChI=1S/C13H14N2O2/c1-10-4-2-3-5-11(10)8-14-9-15-12(16)6-7-13(15)17/h2-7,14H,8-9H2,1H3. The lowest BCUT2D eigenvalue weighted by molar-refractivity contribution is -0.137. The van der Waals surface area contributed by atoms with Crippen molar-refractivity contribution in [2.45, 2.75) is 13.5 Å². The van der Waals surface area contributed by atoms with E-state index in [1.165, 1.54) is 28.2 Å². The van der Waals surface area contributed by atoms with Crippen molar-refractivity contribution < 1.29 is 9.59 Å². The number of benzene rings is 1. The summed E-state index contributed by atoms with van der Waals surface area (Å²) < 4.78 is 0. The molecule has 0 unspecified atom stereocenters. The van der Waals surface area contributed by atoms with Crippen LogP contribution in [0.3, 0.4) is 0 Å². The molecule has 0 saturated carbocycles. The summed E-state index contributed by atoms with van der Waals surface area (Å²) in [7, 11) is 0. The van der Waals surface area contributed by atoms with E-state index in [4.69, 9.17) is 0 Å². The molecular formula is C13H14N2O2. The zero-order valence-corrected chi connectivity index (χ0v) is 9.64. The lowest BCUT2D eigenvalue weighted by Gasteiger charge is -2.15. The van der Waals surface area contributed by atoms with Gasteiger partial charge in [-0.1, -0.05) is 24.3 Å². The third kappa shape index (κ3) is 2.60. The lowest BCUT2D eigenvalue weighted by Crippen LogP contribution is -2.38. The van der Waals surface area contributed by atoms with Crippen LogP contribution in [0.2, 0.25) is 0 Å². The minimum Gasteiger partial charge on any atom is -0.295 e. The molecule has 4 heteroatoms. The SMILES string of the molecule is Cc1ccccc1CNCN1C(=O)C=CC1=O. The number of nitrogens with zero attached hydrogens (tertiary/aromatic N) is 1. The van der Waals surface area contributed by atoms with Gasteiger partial charge in [-0.05, 0) is 18.1 Å². The first kappa shape index (κ1) is 11.5. The van der Waals surface area contributed by atoms with Gasteiger partial charge in [0.15, 0.2) is 0 Å². The van der Waals surface area contributed by atoms with Crippen molar-refractivity contribution in [3.8, 4) is 0 Å². The third-order valence-corrected chi connectivity index (χ3v) is 2.75. The maximum absolute atomic E-state index is 11.3. The fraction of sp³-hybridized carbons (Fsp3) is 0.231. The Labute approximate surface area is 99.9 Å². The third-order valence-electron chi connectivity index (χ3n) is 2.75. The fourth-order valence-corrected chi connectivity index (χ4v) is 1.70. The summed E-state index contributed by atoms with van der Waals surface area (Å²) in [5.74, 6) is -0.514. The smallest absolute Gasteiger partial charge is 0.254 e. The van der Waals surface area contributed by atoms with Crippen molar-refractivity contribution >= 4 is 11.8 Å². The van der Waals surface area contributed by atoms with Crippen molar-refractivity contribution in [3.05, 3.63) is 47.5 Å². The summed E-state index contributed by atoms with van der Waals surface area (Å²) in [5.41, 5.74) is 2.36. The molecule has 4 nitrogen and oxygen atoms in total. The second kappa shape index (κ2) is 4.93. The van der Waals surface area contributed by atoms with Crippen molar-refractivity contribution in [2.24, 2.45) is 0 Å². The molecule has 0 fully saturated rings. The molecule has 1 aliphatic heterocycles. The maximum atomic E-state index is 11.3. The number of hydrogen-bond donors (Lipinski definition) is 1. The van der Waals surface area contributed by atoms with Gasteiger partial charge in [-0.2, -0.15) is 0 Å². The number of rotatable bonds is 4. The van der Waals surface area contributed by atoms with E-state index in [1.807, 2.05) is 31.2 Å². The zero-order chi connectivity index (χ0) is 12.3. The summed E-state index contributed by atoms with van der Waals surface area (Å²) in [6.45, 7) is 2.92. The summed E-state index contributed by atoms with van der Waals surface area (Å²) in [4.78, 5) is 23.7. The first-order valence-electron chi connectivity index (χ1n) is 5.47. The average Bonchev–Trinajstić information content (AvgIpc) is 2.63. The van der Waals surface area contributed by atoms with Crippen LogP contribution in [0, 0.1) is 6.92 Å². The predicted octanol–water partition coefficient (Wildman–Crippen LogP) is 0.967. The molecule has 0 bridgehead atoms. The zero-order valence-electron chi connectivity index (χ0n) is 9.64. The Hall–Kier alpha value is -1.94. The van der Waals surface area contributed by atoms with Gasteiger partial charge >= 0.3 is 0 Å². The van der Waals surface area contributed by atoms with Crippen LogP contribution in [0.25, 0.3) is 0 Å². The second-order valence-corrected chi connectivity index (χ2v) is 3.95. The van der Waals surface area contributed by atoms with Crippen molar-refractivity contribution in [3.63, 3.8) is 0 Å². The number of carbonyl (C=O) groups is 2. The minimum absolute atomic E-state index is 0.249. The summed E-state index contributed by atoms with van der Waals surface area (Å²) >= 11 is 0. The van der Waals surface area contributed by atoms with Gasteiger partial charge in [-0.3, -0.25) is 19.8 Å². The van der Waals surface area contributed by atoms with Crippen LogP contribution in [-0.2, 0) is 16.1 Å². The molecule has 2 rings (SSSR count). The Morgan fingerprint density at radius 3 is 2.41 bits per heavy atom.